The highest BCUT2D eigenvalue weighted by Gasteiger charge is 2.33. The number of amides is 1. The number of benzene rings is 1. The number of pyridine rings is 2. The molecule has 0 spiro atoms. The minimum absolute atomic E-state index is 0.132. The molecule has 2 atom stereocenters. The van der Waals surface area contributed by atoms with Crippen LogP contribution in [-0.2, 0) is 12.0 Å². The van der Waals surface area contributed by atoms with Gasteiger partial charge in [-0.05, 0) is 49.2 Å². The zero-order chi connectivity index (χ0) is 24.6. The van der Waals surface area contributed by atoms with Gasteiger partial charge in [-0.15, -0.1) is 0 Å². The number of carbonyl (C=O) groups is 1. The molecule has 34 heavy (non-hydrogen) atoms. The second-order valence-electron chi connectivity index (χ2n) is 9.91. The van der Waals surface area contributed by atoms with Crippen molar-refractivity contribution in [2.75, 3.05) is 12.0 Å². The fourth-order valence-electron chi connectivity index (χ4n) is 4.14. The Hall–Kier alpha value is -3.35. The van der Waals surface area contributed by atoms with E-state index in [0.29, 0.717) is 23.5 Å². The number of nitrogens with one attached hydrogen (secondary N) is 1. The number of fused-ring (bicyclic) bond motifs is 1. The molecule has 3 aromatic rings. The molecule has 1 amide bonds. The van der Waals surface area contributed by atoms with Crippen molar-refractivity contribution in [3.05, 3.63) is 77.0 Å². The van der Waals surface area contributed by atoms with Crippen LogP contribution in [0.1, 0.15) is 67.8 Å². The highest BCUT2D eigenvalue weighted by Crippen LogP contribution is 2.33. The van der Waals surface area contributed by atoms with Gasteiger partial charge in [0.25, 0.3) is 5.91 Å². The molecule has 0 saturated carbocycles. The van der Waals surface area contributed by atoms with Gasteiger partial charge >= 0.3 is 0 Å². The first-order valence-electron chi connectivity index (χ1n) is 11.5. The van der Waals surface area contributed by atoms with E-state index >= 15 is 4.39 Å². The Kier molecular flexibility index (Phi) is 6.39. The lowest BCUT2D eigenvalue weighted by molar-refractivity contribution is 0.0692. The van der Waals surface area contributed by atoms with Crippen molar-refractivity contribution in [3.63, 3.8) is 0 Å². The largest absolute Gasteiger partial charge is 0.363 e. The van der Waals surface area contributed by atoms with Crippen molar-refractivity contribution in [1.82, 2.24) is 14.9 Å². The lowest BCUT2D eigenvalue weighted by Gasteiger charge is -2.21. The van der Waals surface area contributed by atoms with Crippen LogP contribution in [0.5, 0.6) is 0 Å². The minimum Gasteiger partial charge on any atom is -0.363 e. The van der Waals surface area contributed by atoms with E-state index in [1.54, 1.807) is 31.5 Å². The maximum atomic E-state index is 15.2. The SMILES string of the molecule is C[C@H](Nc1nccc2c1CN([C@H](C)CF)C2=O)c1ccc(-c2ccnc(C(C)(C)C)c2)c(F)c1. The third-order valence-electron chi connectivity index (χ3n) is 6.32. The van der Waals surface area contributed by atoms with E-state index < -0.39 is 12.7 Å². The van der Waals surface area contributed by atoms with Crippen LogP contribution in [0.2, 0.25) is 0 Å². The van der Waals surface area contributed by atoms with Gasteiger partial charge in [-0.1, -0.05) is 32.9 Å². The van der Waals surface area contributed by atoms with E-state index in [9.17, 15) is 9.18 Å². The fourth-order valence-corrected chi connectivity index (χ4v) is 4.14. The van der Waals surface area contributed by atoms with Crippen LogP contribution in [0, 0.1) is 5.82 Å². The number of halogens is 2. The molecule has 0 saturated heterocycles. The molecule has 1 aliphatic heterocycles. The van der Waals surface area contributed by atoms with Crippen molar-refractivity contribution in [2.45, 2.75) is 58.7 Å². The van der Waals surface area contributed by atoms with Crippen molar-refractivity contribution in [3.8, 4) is 11.1 Å². The fraction of sp³-hybridized carbons (Fsp3) is 0.370. The molecule has 1 aromatic carbocycles. The van der Waals surface area contributed by atoms with Crippen LogP contribution in [0.15, 0.2) is 48.8 Å². The number of aromatic nitrogens is 2. The first-order valence-corrected chi connectivity index (χ1v) is 11.5. The van der Waals surface area contributed by atoms with Crippen LogP contribution in [0.25, 0.3) is 11.1 Å². The first-order chi connectivity index (χ1) is 16.1. The minimum atomic E-state index is -0.604. The van der Waals surface area contributed by atoms with Gasteiger partial charge in [0, 0.05) is 40.2 Å². The van der Waals surface area contributed by atoms with Gasteiger partial charge in [0.1, 0.15) is 18.3 Å². The topological polar surface area (TPSA) is 58.1 Å². The number of rotatable bonds is 6. The Morgan fingerprint density at radius 2 is 1.79 bits per heavy atom. The second-order valence-corrected chi connectivity index (χ2v) is 9.91. The van der Waals surface area contributed by atoms with Gasteiger partial charge in [-0.2, -0.15) is 0 Å². The number of hydrogen-bond donors (Lipinski definition) is 1. The van der Waals surface area contributed by atoms with E-state index in [4.69, 9.17) is 0 Å². The molecule has 0 aliphatic carbocycles. The predicted octanol–water partition coefficient (Wildman–Crippen LogP) is 6.07. The molecular weight excluding hydrogens is 434 g/mol. The summed E-state index contributed by atoms with van der Waals surface area (Å²) in [5, 5.41) is 3.31. The van der Waals surface area contributed by atoms with Crippen LogP contribution in [0.4, 0.5) is 14.6 Å². The number of carbonyl (C=O) groups excluding carboxylic acids is 1. The third kappa shape index (κ3) is 4.52. The predicted molar refractivity (Wildman–Crippen MR) is 130 cm³/mol. The molecule has 7 heteroatoms. The average molecular weight is 465 g/mol. The third-order valence-corrected chi connectivity index (χ3v) is 6.32. The number of anilines is 1. The summed E-state index contributed by atoms with van der Waals surface area (Å²) in [7, 11) is 0. The maximum absolute atomic E-state index is 15.2. The Morgan fingerprint density at radius 1 is 1.06 bits per heavy atom. The smallest absolute Gasteiger partial charge is 0.255 e. The summed E-state index contributed by atoms with van der Waals surface area (Å²) in [5.41, 5.74) is 4.09. The summed E-state index contributed by atoms with van der Waals surface area (Å²) in [4.78, 5) is 23.0. The average Bonchev–Trinajstić information content (AvgIpc) is 3.15. The maximum Gasteiger partial charge on any atom is 0.255 e. The summed E-state index contributed by atoms with van der Waals surface area (Å²) >= 11 is 0. The number of alkyl halides is 1. The highest BCUT2D eigenvalue weighted by molar-refractivity contribution is 5.99. The van der Waals surface area contributed by atoms with Crippen molar-refractivity contribution < 1.29 is 13.6 Å². The summed E-state index contributed by atoms with van der Waals surface area (Å²) in [6.07, 6.45) is 3.28. The van der Waals surface area contributed by atoms with Crippen LogP contribution < -0.4 is 5.32 Å². The van der Waals surface area contributed by atoms with Crippen molar-refractivity contribution in [1.29, 1.82) is 0 Å². The number of hydrogen-bond acceptors (Lipinski definition) is 4. The molecule has 3 heterocycles. The lowest BCUT2D eigenvalue weighted by atomic mass is 9.89. The van der Waals surface area contributed by atoms with Crippen molar-refractivity contribution in [2.24, 2.45) is 0 Å². The monoisotopic (exact) mass is 464 g/mol. The van der Waals surface area contributed by atoms with E-state index in [-0.39, 0.29) is 23.2 Å². The molecule has 0 radical (unpaired) electrons. The van der Waals surface area contributed by atoms with E-state index in [2.05, 4.69) is 36.1 Å². The van der Waals surface area contributed by atoms with Crippen LogP contribution >= 0.6 is 0 Å². The van der Waals surface area contributed by atoms with Gasteiger partial charge in [-0.3, -0.25) is 9.78 Å². The molecular formula is C27H30F2N4O. The molecule has 178 valence electrons. The Morgan fingerprint density at radius 3 is 2.47 bits per heavy atom. The van der Waals surface area contributed by atoms with Crippen molar-refractivity contribution >= 4 is 11.7 Å². The second kappa shape index (κ2) is 9.12. The Bertz CT molecular complexity index is 1220. The van der Waals surface area contributed by atoms with E-state index in [1.165, 1.54) is 11.0 Å². The first kappa shape index (κ1) is 23.8. The Balaban J connectivity index is 1.57. The molecule has 2 aromatic heterocycles. The molecule has 5 nitrogen and oxygen atoms in total. The summed E-state index contributed by atoms with van der Waals surface area (Å²) in [5.74, 6) is 0.0440. The van der Waals surface area contributed by atoms with E-state index in [0.717, 1.165) is 22.4 Å². The molecule has 1 aliphatic rings. The molecule has 1 N–H and O–H groups in total. The van der Waals surface area contributed by atoms with Crippen LogP contribution in [-0.4, -0.2) is 33.5 Å². The van der Waals surface area contributed by atoms with Gasteiger partial charge in [0.05, 0.1) is 18.6 Å². The normalized spacial score (nSPS) is 15.3. The molecule has 4 rings (SSSR count). The molecule has 0 fully saturated rings. The zero-order valence-electron chi connectivity index (χ0n) is 20.2. The molecule has 0 unspecified atom stereocenters. The van der Waals surface area contributed by atoms with Gasteiger partial charge in [-0.25, -0.2) is 13.8 Å². The van der Waals surface area contributed by atoms with Crippen LogP contribution in [0.3, 0.4) is 0 Å². The quantitative estimate of drug-likeness (QED) is 0.481. The van der Waals surface area contributed by atoms with Gasteiger partial charge in [0.15, 0.2) is 0 Å². The molecule has 0 bridgehead atoms. The Labute approximate surface area is 199 Å². The summed E-state index contributed by atoms with van der Waals surface area (Å²) in [6.45, 7) is 9.52. The number of nitrogens with zero attached hydrogens (tertiary/aromatic N) is 3. The van der Waals surface area contributed by atoms with E-state index in [1.807, 2.05) is 25.1 Å². The zero-order valence-corrected chi connectivity index (χ0v) is 20.2. The standard InChI is InChI=1S/C27H30F2N4O/c1-16(14-28)33-15-22-21(26(33)34)9-11-31-25(22)32-17(2)18-6-7-20(23(29)12-18)19-8-10-30-24(13-19)27(3,4)5/h6-13,16-17H,14-15H2,1-5H3,(H,31,32)/t16-,17+/m1/s1. The highest BCUT2D eigenvalue weighted by atomic mass is 19.1. The lowest BCUT2D eigenvalue weighted by Crippen LogP contribution is -2.34. The summed E-state index contributed by atoms with van der Waals surface area (Å²) < 4.78 is 28.3. The van der Waals surface area contributed by atoms with Gasteiger partial charge in [0.2, 0.25) is 0 Å². The summed E-state index contributed by atoms with van der Waals surface area (Å²) in [6, 6.07) is 9.84. The van der Waals surface area contributed by atoms with Gasteiger partial charge < -0.3 is 10.2 Å².